The summed E-state index contributed by atoms with van der Waals surface area (Å²) in [5, 5.41) is 10.2. The maximum Gasteiger partial charge on any atom is 0.372 e. The van der Waals surface area contributed by atoms with E-state index in [9.17, 15) is 9.90 Å². The molecule has 0 radical (unpaired) electrons. The van der Waals surface area contributed by atoms with Crippen molar-refractivity contribution in [1.29, 1.82) is 0 Å². The molecule has 1 heterocycles. The van der Waals surface area contributed by atoms with Crippen molar-refractivity contribution in [3.8, 4) is 0 Å². The Morgan fingerprint density at radius 3 is 2.42 bits per heavy atom. The monoisotopic (exact) mass is 260 g/mol. The predicted octanol–water partition coefficient (Wildman–Crippen LogP) is 4.30. The molecule has 102 valence electrons. The number of rotatable bonds is 2. The summed E-state index contributed by atoms with van der Waals surface area (Å²) in [6.45, 7) is 10.3. The number of carbonyl (C=O) groups is 1. The van der Waals surface area contributed by atoms with Crippen LogP contribution in [0.15, 0.2) is 16.5 Å². The molecule has 19 heavy (non-hydrogen) atoms. The number of hydrogen-bond acceptors (Lipinski definition) is 2. The zero-order valence-corrected chi connectivity index (χ0v) is 12.1. The van der Waals surface area contributed by atoms with E-state index in [1.165, 1.54) is 0 Å². The third-order valence-corrected chi connectivity index (χ3v) is 3.39. The number of carboxylic acid groups (broad SMARTS) is 1. The lowest BCUT2D eigenvalue weighted by atomic mass is 9.84. The molecule has 3 heteroatoms. The van der Waals surface area contributed by atoms with E-state index in [4.69, 9.17) is 4.42 Å². The first kappa shape index (κ1) is 13.7. The predicted molar refractivity (Wildman–Crippen MR) is 76.0 cm³/mol. The Bertz CT molecular complexity index is 642. The van der Waals surface area contributed by atoms with Gasteiger partial charge < -0.3 is 9.52 Å². The molecule has 0 fully saturated rings. The fourth-order valence-electron chi connectivity index (χ4n) is 2.47. The minimum atomic E-state index is -0.995. The summed E-state index contributed by atoms with van der Waals surface area (Å²) in [5.74, 6) is -0.917. The first-order chi connectivity index (χ1) is 8.75. The van der Waals surface area contributed by atoms with Gasteiger partial charge in [-0.05, 0) is 30.4 Å². The summed E-state index contributed by atoms with van der Waals surface area (Å²) >= 11 is 0. The van der Waals surface area contributed by atoms with Gasteiger partial charge in [0.15, 0.2) is 0 Å². The van der Waals surface area contributed by atoms with Crippen molar-refractivity contribution in [3.05, 3.63) is 34.6 Å². The quantitative estimate of drug-likeness (QED) is 0.875. The number of fused-ring (bicyclic) bond motifs is 1. The zero-order valence-electron chi connectivity index (χ0n) is 12.1. The molecule has 0 atom stereocenters. The Balaban J connectivity index is 2.90. The topological polar surface area (TPSA) is 50.4 Å². The highest BCUT2D eigenvalue weighted by molar-refractivity contribution is 5.96. The Labute approximate surface area is 113 Å². The SMILES string of the molecule is CCc1c(C(=O)O)oc2c(C(C)(C)C)cc(C)cc12. The zero-order chi connectivity index (χ0) is 14.4. The molecule has 0 aliphatic carbocycles. The minimum Gasteiger partial charge on any atom is -0.475 e. The van der Waals surface area contributed by atoms with E-state index < -0.39 is 5.97 Å². The van der Waals surface area contributed by atoms with E-state index in [0.717, 1.165) is 22.1 Å². The van der Waals surface area contributed by atoms with Gasteiger partial charge in [-0.3, -0.25) is 0 Å². The van der Waals surface area contributed by atoms with Crippen LogP contribution >= 0.6 is 0 Å². The summed E-state index contributed by atoms with van der Waals surface area (Å²) in [4.78, 5) is 11.3. The molecule has 2 aromatic rings. The van der Waals surface area contributed by atoms with Crippen molar-refractivity contribution < 1.29 is 14.3 Å². The summed E-state index contributed by atoms with van der Waals surface area (Å²) in [6, 6.07) is 4.09. The number of hydrogen-bond donors (Lipinski definition) is 1. The smallest absolute Gasteiger partial charge is 0.372 e. The molecule has 0 aliphatic rings. The summed E-state index contributed by atoms with van der Waals surface area (Å²) in [5.41, 5.74) is 3.61. The number of carboxylic acids is 1. The van der Waals surface area contributed by atoms with Gasteiger partial charge in [-0.2, -0.15) is 0 Å². The Hall–Kier alpha value is -1.77. The standard InChI is InChI=1S/C16H20O3/c1-6-10-11-7-9(2)8-12(16(3,4)5)13(11)19-14(10)15(17)18/h7-8H,6H2,1-5H3,(H,17,18). The molecule has 0 saturated heterocycles. The third-order valence-electron chi connectivity index (χ3n) is 3.39. The first-order valence-corrected chi connectivity index (χ1v) is 6.55. The molecular weight excluding hydrogens is 240 g/mol. The molecular formula is C16H20O3. The van der Waals surface area contributed by atoms with E-state index in [0.29, 0.717) is 12.0 Å². The van der Waals surface area contributed by atoms with Crippen LogP contribution in [-0.4, -0.2) is 11.1 Å². The molecule has 1 aromatic carbocycles. The normalized spacial score (nSPS) is 12.1. The second kappa shape index (κ2) is 4.41. The molecule has 2 rings (SSSR count). The second-order valence-corrected chi connectivity index (χ2v) is 6.01. The van der Waals surface area contributed by atoms with E-state index >= 15 is 0 Å². The molecule has 0 unspecified atom stereocenters. The van der Waals surface area contributed by atoms with Crippen LogP contribution < -0.4 is 0 Å². The molecule has 0 bridgehead atoms. The van der Waals surface area contributed by atoms with Crippen molar-refractivity contribution in [2.24, 2.45) is 0 Å². The van der Waals surface area contributed by atoms with Gasteiger partial charge in [0.1, 0.15) is 5.58 Å². The van der Waals surface area contributed by atoms with Gasteiger partial charge in [-0.25, -0.2) is 4.79 Å². The lowest BCUT2D eigenvalue weighted by Crippen LogP contribution is -2.11. The maximum absolute atomic E-state index is 11.3. The lowest BCUT2D eigenvalue weighted by Gasteiger charge is -2.19. The van der Waals surface area contributed by atoms with Crippen LogP contribution in [0.2, 0.25) is 0 Å². The lowest BCUT2D eigenvalue weighted by molar-refractivity contribution is 0.0663. The summed E-state index contributed by atoms with van der Waals surface area (Å²) in [7, 11) is 0. The van der Waals surface area contributed by atoms with Gasteiger partial charge in [0.25, 0.3) is 0 Å². The molecule has 1 aromatic heterocycles. The highest BCUT2D eigenvalue weighted by Gasteiger charge is 2.25. The van der Waals surface area contributed by atoms with Crippen LogP contribution in [0.5, 0.6) is 0 Å². The fraction of sp³-hybridized carbons (Fsp3) is 0.438. The van der Waals surface area contributed by atoms with Crippen molar-refractivity contribution in [1.82, 2.24) is 0 Å². The van der Waals surface area contributed by atoms with Crippen LogP contribution in [0.25, 0.3) is 11.0 Å². The van der Waals surface area contributed by atoms with E-state index in [1.54, 1.807) is 0 Å². The van der Waals surface area contributed by atoms with Gasteiger partial charge in [0, 0.05) is 16.5 Å². The van der Waals surface area contributed by atoms with Crippen molar-refractivity contribution in [2.75, 3.05) is 0 Å². The van der Waals surface area contributed by atoms with Crippen LogP contribution in [0.1, 0.15) is 54.9 Å². The van der Waals surface area contributed by atoms with E-state index in [2.05, 4.69) is 26.8 Å². The average Bonchev–Trinajstić information content (AvgIpc) is 2.64. The molecule has 0 amide bonds. The van der Waals surface area contributed by atoms with Crippen molar-refractivity contribution in [3.63, 3.8) is 0 Å². The minimum absolute atomic E-state index is 0.0774. The van der Waals surface area contributed by atoms with Gasteiger partial charge in [0.05, 0.1) is 0 Å². The fourth-order valence-corrected chi connectivity index (χ4v) is 2.47. The molecule has 0 spiro atoms. The van der Waals surface area contributed by atoms with Crippen LogP contribution in [0, 0.1) is 6.92 Å². The molecule has 1 N–H and O–H groups in total. The molecule has 3 nitrogen and oxygen atoms in total. The third kappa shape index (κ3) is 2.25. The number of aromatic carboxylic acids is 1. The van der Waals surface area contributed by atoms with Crippen molar-refractivity contribution in [2.45, 2.75) is 46.5 Å². The highest BCUT2D eigenvalue weighted by atomic mass is 16.4. The average molecular weight is 260 g/mol. The van der Waals surface area contributed by atoms with Gasteiger partial charge in [0.2, 0.25) is 5.76 Å². The van der Waals surface area contributed by atoms with Crippen LogP contribution in [0.4, 0.5) is 0 Å². The van der Waals surface area contributed by atoms with Crippen LogP contribution in [-0.2, 0) is 11.8 Å². The highest BCUT2D eigenvalue weighted by Crippen LogP contribution is 2.36. The van der Waals surface area contributed by atoms with Gasteiger partial charge >= 0.3 is 5.97 Å². The maximum atomic E-state index is 11.3. The van der Waals surface area contributed by atoms with Gasteiger partial charge in [-0.1, -0.05) is 33.8 Å². The summed E-state index contributed by atoms with van der Waals surface area (Å²) in [6.07, 6.45) is 0.654. The van der Waals surface area contributed by atoms with E-state index in [1.807, 2.05) is 19.9 Å². The Kier molecular flexibility index (Phi) is 3.17. The molecule has 0 aliphatic heterocycles. The number of aryl methyl sites for hydroxylation is 2. The van der Waals surface area contributed by atoms with Crippen molar-refractivity contribution >= 4 is 16.9 Å². The number of furan rings is 1. The van der Waals surface area contributed by atoms with E-state index in [-0.39, 0.29) is 11.2 Å². The first-order valence-electron chi connectivity index (χ1n) is 6.55. The molecule has 0 saturated carbocycles. The number of benzene rings is 1. The Morgan fingerprint density at radius 1 is 1.32 bits per heavy atom. The summed E-state index contributed by atoms with van der Waals surface area (Å²) < 4.78 is 5.66. The van der Waals surface area contributed by atoms with Crippen LogP contribution in [0.3, 0.4) is 0 Å². The Morgan fingerprint density at radius 2 is 1.95 bits per heavy atom. The largest absolute Gasteiger partial charge is 0.475 e. The van der Waals surface area contributed by atoms with Gasteiger partial charge in [-0.15, -0.1) is 0 Å². The second-order valence-electron chi connectivity index (χ2n) is 6.01.